The lowest BCUT2D eigenvalue weighted by molar-refractivity contribution is 0.0595. The number of carbonyl (C=O) groups is 1. The molecule has 0 aliphatic rings. The summed E-state index contributed by atoms with van der Waals surface area (Å²) < 4.78 is 9.97. The van der Waals surface area contributed by atoms with Gasteiger partial charge < -0.3 is 9.47 Å². The van der Waals surface area contributed by atoms with Crippen molar-refractivity contribution in [3.05, 3.63) is 24.0 Å². The van der Waals surface area contributed by atoms with Gasteiger partial charge in [0.05, 0.1) is 13.7 Å². The number of carbonyl (C=O) groups excluding carboxylic acids is 1. The molecule has 0 radical (unpaired) electrons. The topological polar surface area (TPSA) is 48.4 Å². The van der Waals surface area contributed by atoms with Crippen LogP contribution in [0.4, 0.5) is 0 Å². The van der Waals surface area contributed by atoms with Gasteiger partial charge in [-0.25, -0.2) is 4.79 Å². The fourth-order valence-corrected chi connectivity index (χ4v) is 0.983. The number of ether oxygens (including phenoxy) is 2. The van der Waals surface area contributed by atoms with Gasteiger partial charge in [0.15, 0.2) is 0 Å². The molecule has 0 N–H and O–H groups in total. The number of esters is 1. The average molecular weight is 195 g/mol. The van der Waals surface area contributed by atoms with E-state index in [-0.39, 0.29) is 0 Å². The highest BCUT2D eigenvalue weighted by Gasteiger charge is 2.12. The average Bonchev–Trinajstić information content (AvgIpc) is 2.25. The van der Waals surface area contributed by atoms with Crippen molar-refractivity contribution >= 4 is 5.97 Å². The Hall–Kier alpha value is -1.58. The first-order valence-electron chi connectivity index (χ1n) is 4.44. The predicted octanol–water partition coefficient (Wildman–Crippen LogP) is 1.66. The summed E-state index contributed by atoms with van der Waals surface area (Å²) in [5, 5.41) is 0. The van der Waals surface area contributed by atoms with Crippen molar-refractivity contribution in [2.45, 2.75) is 13.3 Å². The SMILES string of the molecule is CCCOc1ccncc1C(=O)OC. The van der Waals surface area contributed by atoms with E-state index in [1.807, 2.05) is 6.92 Å². The smallest absolute Gasteiger partial charge is 0.343 e. The molecule has 14 heavy (non-hydrogen) atoms. The van der Waals surface area contributed by atoms with Crippen LogP contribution in [0.1, 0.15) is 23.7 Å². The largest absolute Gasteiger partial charge is 0.493 e. The lowest BCUT2D eigenvalue weighted by atomic mass is 10.2. The highest BCUT2D eigenvalue weighted by molar-refractivity contribution is 5.91. The molecule has 4 nitrogen and oxygen atoms in total. The van der Waals surface area contributed by atoms with Crippen molar-refractivity contribution in [3.63, 3.8) is 0 Å². The van der Waals surface area contributed by atoms with Crippen LogP contribution in [0, 0.1) is 0 Å². The molecule has 1 aromatic heterocycles. The molecule has 0 aliphatic heterocycles. The minimum Gasteiger partial charge on any atom is -0.493 e. The zero-order valence-corrected chi connectivity index (χ0v) is 8.32. The van der Waals surface area contributed by atoms with E-state index in [0.29, 0.717) is 17.9 Å². The third kappa shape index (κ3) is 2.45. The van der Waals surface area contributed by atoms with E-state index in [0.717, 1.165) is 6.42 Å². The molecule has 0 aromatic carbocycles. The Balaban J connectivity index is 2.85. The van der Waals surface area contributed by atoms with E-state index in [1.54, 1.807) is 12.3 Å². The van der Waals surface area contributed by atoms with E-state index in [4.69, 9.17) is 4.74 Å². The molecule has 1 heterocycles. The maximum absolute atomic E-state index is 11.3. The summed E-state index contributed by atoms with van der Waals surface area (Å²) >= 11 is 0. The van der Waals surface area contributed by atoms with Crippen LogP contribution in [0.3, 0.4) is 0 Å². The summed E-state index contributed by atoms with van der Waals surface area (Å²) in [6, 6.07) is 1.65. The summed E-state index contributed by atoms with van der Waals surface area (Å²) in [7, 11) is 1.33. The van der Waals surface area contributed by atoms with Gasteiger partial charge in [-0.2, -0.15) is 0 Å². The van der Waals surface area contributed by atoms with Crippen LogP contribution in [0.5, 0.6) is 5.75 Å². The number of pyridine rings is 1. The molecule has 4 heteroatoms. The Bertz CT molecular complexity index is 312. The van der Waals surface area contributed by atoms with Gasteiger partial charge in [-0.1, -0.05) is 6.92 Å². The number of nitrogens with zero attached hydrogens (tertiary/aromatic N) is 1. The molecule has 0 amide bonds. The number of rotatable bonds is 4. The quantitative estimate of drug-likeness (QED) is 0.685. The van der Waals surface area contributed by atoms with Crippen molar-refractivity contribution in [3.8, 4) is 5.75 Å². The van der Waals surface area contributed by atoms with Crippen LogP contribution in [0.2, 0.25) is 0 Å². The predicted molar refractivity (Wildman–Crippen MR) is 51.4 cm³/mol. The first-order valence-corrected chi connectivity index (χ1v) is 4.44. The van der Waals surface area contributed by atoms with E-state index >= 15 is 0 Å². The Morgan fingerprint density at radius 1 is 1.57 bits per heavy atom. The van der Waals surface area contributed by atoms with E-state index in [2.05, 4.69) is 9.72 Å². The fourth-order valence-electron chi connectivity index (χ4n) is 0.983. The van der Waals surface area contributed by atoms with Crippen molar-refractivity contribution in [2.24, 2.45) is 0 Å². The zero-order valence-electron chi connectivity index (χ0n) is 8.32. The van der Waals surface area contributed by atoms with Gasteiger partial charge in [-0.3, -0.25) is 4.98 Å². The second-order valence-electron chi connectivity index (χ2n) is 2.71. The Kier molecular flexibility index (Phi) is 3.91. The van der Waals surface area contributed by atoms with Gasteiger partial charge in [0, 0.05) is 12.4 Å². The molecule has 0 bridgehead atoms. The van der Waals surface area contributed by atoms with Gasteiger partial charge in [0.2, 0.25) is 0 Å². The summed E-state index contributed by atoms with van der Waals surface area (Å²) in [6.45, 7) is 2.58. The van der Waals surface area contributed by atoms with Gasteiger partial charge in [0.25, 0.3) is 0 Å². The van der Waals surface area contributed by atoms with Crippen molar-refractivity contribution in [1.82, 2.24) is 4.98 Å². The highest BCUT2D eigenvalue weighted by atomic mass is 16.5. The van der Waals surface area contributed by atoms with Gasteiger partial charge in [0.1, 0.15) is 11.3 Å². The van der Waals surface area contributed by atoms with Crippen LogP contribution in [-0.2, 0) is 4.74 Å². The monoisotopic (exact) mass is 195 g/mol. The van der Waals surface area contributed by atoms with Crippen LogP contribution < -0.4 is 4.74 Å². The third-order valence-corrected chi connectivity index (χ3v) is 1.65. The van der Waals surface area contributed by atoms with Crippen LogP contribution in [0.25, 0.3) is 0 Å². The van der Waals surface area contributed by atoms with Gasteiger partial charge in [-0.15, -0.1) is 0 Å². The van der Waals surface area contributed by atoms with E-state index < -0.39 is 5.97 Å². The van der Waals surface area contributed by atoms with Crippen LogP contribution >= 0.6 is 0 Å². The molecule has 0 aliphatic carbocycles. The van der Waals surface area contributed by atoms with Crippen molar-refractivity contribution < 1.29 is 14.3 Å². The molecule has 0 spiro atoms. The van der Waals surface area contributed by atoms with Crippen molar-refractivity contribution in [1.29, 1.82) is 0 Å². The Morgan fingerprint density at radius 2 is 2.36 bits per heavy atom. The minimum absolute atomic E-state index is 0.364. The number of aromatic nitrogens is 1. The summed E-state index contributed by atoms with van der Waals surface area (Å²) in [5.41, 5.74) is 0.364. The second-order valence-corrected chi connectivity index (χ2v) is 2.71. The van der Waals surface area contributed by atoms with Crippen LogP contribution in [-0.4, -0.2) is 24.7 Å². The molecule has 0 fully saturated rings. The zero-order chi connectivity index (χ0) is 10.4. The molecule has 0 atom stereocenters. The van der Waals surface area contributed by atoms with Gasteiger partial charge >= 0.3 is 5.97 Å². The summed E-state index contributed by atoms with van der Waals surface area (Å²) in [4.78, 5) is 15.1. The van der Waals surface area contributed by atoms with Gasteiger partial charge in [-0.05, 0) is 12.5 Å². The second kappa shape index (κ2) is 5.21. The number of hydrogen-bond donors (Lipinski definition) is 0. The lowest BCUT2D eigenvalue weighted by Crippen LogP contribution is -2.06. The molecule has 76 valence electrons. The standard InChI is InChI=1S/C10H13NO3/c1-3-6-14-9-4-5-11-7-8(9)10(12)13-2/h4-5,7H,3,6H2,1-2H3. The molecular weight excluding hydrogens is 182 g/mol. The molecule has 0 unspecified atom stereocenters. The molecule has 1 rings (SSSR count). The molecule has 0 saturated carbocycles. The Morgan fingerprint density at radius 3 is 3.00 bits per heavy atom. The molecule has 1 aromatic rings. The van der Waals surface area contributed by atoms with E-state index in [1.165, 1.54) is 13.3 Å². The molecular formula is C10H13NO3. The normalized spacial score (nSPS) is 9.57. The fraction of sp³-hybridized carbons (Fsp3) is 0.400. The van der Waals surface area contributed by atoms with Crippen molar-refractivity contribution in [2.75, 3.05) is 13.7 Å². The Labute approximate surface area is 82.9 Å². The maximum atomic E-state index is 11.3. The third-order valence-electron chi connectivity index (χ3n) is 1.65. The first-order chi connectivity index (χ1) is 6.79. The van der Waals surface area contributed by atoms with Crippen LogP contribution in [0.15, 0.2) is 18.5 Å². The lowest BCUT2D eigenvalue weighted by Gasteiger charge is -2.07. The molecule has 0 saturated heterocycles. The first kappa shape index (κ1) is 10.5. The number of methoxy groups -OCH3 is 1. The minimum atomic E-state index is -0.427. The maximum Gasteiger partial charge on any atom is 0.343 e. The van der Waals surface area contributed by atoms with E-state index in [9.17, 15) is 4.79 Å². The summed E-state index contributed by atoms with van der Waals surface area (Å²) in [5.74, 6) is 0.0953. The summed E-state index contributed by atoms with van der Waals surface area (Å²) in [6.07, 6.45) is 3.91. The highest BCUT2D eigenvalue weighted by Crippen LogP contribution is 2.17. The number of hydrogen-bond acceptors (Lipinski definition) is 4.